The molecule has 0 aliphatic rings. The third kappa shape index (κ3) is 2.64. The van der Waals surface area contributed by atoms with Crippen molar-refractivity contribution in [2.24, 2.45) is 5.73 Å². The largest absolute Gasteiger partial charge is 0.497 e. The SMILES string of the molecule is COc1ccc(-c2c(C)cc(C)cc2C)c(CN)c1. The molecule has 0 aromatic heterocycles. The number of hydrogen-bond donors (Lipinski definition) is 1. The molecule has 0 radical (unpaired) electrons. The van der Waals surface area contributed by atoms with Crippen molar-refractivity contribution < 1.29 is 4.74 Å². The number of ether oxygens (including phenoxy) is 1. The summed E-state index contributed by atoms with van der Waals surface area (Å²) in [5, 5.41) is 0. The first-order chi connectivity index (χ1) is 9.06. The summed E-state index contributed by atoms with van der Waals surface area (Å²) in [7, 11) is 1.68. The standard InChI is InChI=1S/C17H21NO/c1-11-7-12(2)17(13(3)8-11)16-6-5-15(19-4)9-14(16)10-18/h5-9H,10,18H2,1-4H3. The molecule has 0 bridgehead atoms. The average molecular weight is 255 g/mol. The lowest BCUT2D eigenvalue weighted by atomic mass is 9.91. The van der Waals surface area contributed by atoms with Gasteiger partial charge in [0.05, 0.1) is 7.11 Å². The molecule has 2 N–H and O–H groups in total. The summed E-state index contributed by atoms with van der Waals surface area (Å²) in [5.41, 5.74) is 13.4. The third-order valence-corrected chi connectivity index (χ3v) is 3.48. The number of nitrogens with two attached hydrogens (primary N) is 1. The molecule has 0 atom stereocenters. The van der Waals surface area contributed by atoms with Crippen LogP contribution in [0.15, 0.2) is 30.3 Å². The minimum atomic E-state index is 0.513. The molecule has 100 valence electrons. The van der Waals surface area contributed by atoms with Gasteiger partial charge < -0.3 is 10.5 Å². The van der Waals surface area contributed by atoms with Crippen LogP contribution < -0.4 is 10.5 Å². The maximum Gasteiger partial charge on any atom is 0.119 e. The van der Waals surface area contributed by atoms with Gasteiger partial charge in [0.2, 0.25) is 0 Å². The van der Waals surface area contributed by atoms with Crippen molar-refractivity contribution in [1.82, 2.24) is 0 Å². The van der Waals surface area contributed by atoms with Crippen LogP contribution >= 0.6 is 0 Å². The Labute approximate surface area is 115 Å². The van der Waals surface area contributed by atoms with E-state index in [0.29, 0.717) is 6.54 Å². The van der Waals surface area contributed by atoms with Gasteiger partial charge in [-0.1, -0.05) is 23.8 Å². The van der Waals surface area contributed by atoms with Crippen molar-refractivity contribution in [3.63, 3.8) is 0 Å². The lowest BCUT2D eigenvalue weighted by Crippen LogP contribution is -2.01. The van der Waals surface area contributed by atoms with E-state index in [0.717, 1.165) is 11.3 Å². The van der Waals surface area contributed by atoms with E-state index in [1.807, 2.05) is 12.1 Å². The maximum absolute atomic E-state index is 5.89. The van der Waals surface area contributed by atoms with Crippen LogP contribution in [-0.2, 0) is 6.54 Å². The second-order valence-corrected chi connectivity index (χ2v) is 5.00. The van der Waals surface area contributed by atoms with Crippen LogP contribution in [0.3, 0.4) is 0 Å². The summed E-state index contributed by atoms with van der Waals surface area (Å²) in [6.07, 6.45) is 0. The molecule has 0 aliphatic carbocycles. The van der Waals surface area contributed by atoms with Gasteiger partial charge in [0, 0.05) is 6.54 Å². The third-order valence-electron chi connectivity index (χ3n) is 3.48. The minimum Gasteiger partial charge on any atom is -0.497 e. The summed E-state index contributed by atoms with van der Waals surface area (Å²) >= 11 is 0. The van der Waals surface area contributed by atoms with Crippen LogP contribution in [0.25, 0.3) is 11.1 Å². The first kappa shape index (κ1) is 13.6. The van der Waals surface area contributed by atoms with Gasteiger partial charge in [0.25, 0.3) is 0 Å². The van der Waals surface area contributed by atoms with Crippen LogP contribution in [0.4, 0.5) is 0 Å². The summed E-state index contributed by atoms with van der Waals surface area (Å²) in [6.45, 7) is 6.95. The van der Waals surface area contributed by atoms with Gasteiger partial charge in [-0.05, 0) is 60.7 Å². The quantitative estimate of drug-likeness (QED) is 0.906. The molecule has 2 aromatic carbocycles. The van der Waals surface area contributed by atoms with Gasteiger partial charge in [-0.3, -0.25) is 0 Å². The number of hydrogen-bond acceptors (Lipinski definition) is 2. The Morgan fingerprint density at radius 3 is 2.16 bits per heavy atom. The zero-order chi connectivity index (χ0) is 14.0. The second kappa shape index (κ2) is 5.45. The summed E-state index contributed by atoms with van der Waals surface area (Å²) in [5.74, 6) is 0.853. The minimum absolute atomic E-state index is 0.513. The Bertz CT molecular complexity index is 579. The molecule has 0 saturated carbocycles. The normalized spacial score (nSPS) is 10.6. The molecular formula is C17H21NO. The molecule has 2 rings (SSSR count). The van der Waals surface area contributed by atoms with Gasteiger partial charge in [-0.25, -0.2) is 0 Å². The predicted octanol–water partition coefficient (Wildman–Crippen LogP) is 3.75. The van der Waals surface area contributed by atoms with E-state index in [4.69, 9.17) is 10.5 Å². The molecule has 19 heavy (non-hydrogen) atoms. The molecule has 0 aliphatic heterocycles. The molecular weight excluding hydrogens is 234 g/mol. The summed E-state index contributed by atoms with van der Waals surface area (Å²) in [4.78, 5) is 0. The Kier molecular flexibility index (Phi) is 3.91. The van der Waals surface area contributed by atoms with E-state index < -0.39 is 0 Å². The fourth-order valence-electron chi connectivity index (χ4n) is 2.71. The van der Waals surface area contributed by atoms with Crippen molar-refractivity contribution in [1.29, 1.82) is 0 Å². The highest BCUT2D eigenvalue weighted by Crippen LogP contribution is 2.32. The van der Waals surface area contributed by atoms with Gasteiger partial charge in [-0.15, -0.1) is 0 Å². The highest BCUT2D eigenvalue weighted by atomic mass is 16.5. The van der Waals surface area contributed by atoms with E-state index >= 15 is 0 Å². The summed E-state index contributed by atoms with van der Waals surface area (Å²) < 4.78 is 5.27. The van der Waals surface area contributed by atoms with Crippen LogP contribution in [-0.4, -0.2) is 7.11 Å². The molecule has 0 unspecified atom stereocenters. The first-order valence-corrected chi connectivity index (χ1v) is 6.52. The van der Waals surface area contributed by atoms with E-state index in [1.54, 1.807) is 7.11 Å². The Morgan fingerprint density at radius 2 is 1.63 bits per heavy atom. The van der Waals surface area contributed by atoms with Gasteiger partial charge >= 0.3 is 0 Å². The molecule has 2 aromatic rings. The molecule has 0 spiro atoms. The maximum atomic E-state index is 5.89. The zero-order valence-corrected chi connectivity index (χ0v) is 12.1. The van der Waals surface area contributed by atoms with E-state index in [9.17, 15) is 0 Å². The number of aryl methyl sites for hydroxylation is 3. The van der Waals surface area contributed by atoms with Crippen molar-refractivity contribution in [2.45, 2.75) is 27.3 Å². The number of methoxy groups -OCH3 is 1. The average Bonchev–Trinajstić information content (AvgIpc) is 2.37. The fourth-order valence-corrected chi connectivity index (χ4v) is 2.71. The van der Waals surface area contributed by atoms with Crippen LogP contribution in [0.1, 0.15) is 22.3 Å². The van der Waals surface area contributed by atoms with E-state index in [-0.39, 0.29) is 0 Å². The van der Waals surface area contributed by atoms with Gasteiger partial charge in [0.15, 0.2) is 0 Å². The van der Waals surface area contributed by atoms with Crippen molar-refractivity contribution in [2.75, 3.05) is 7.11 Å². The first-order valence-electron chi connectivity index (χ1n) is 6.52. The van der Waals surface area contributed by atoms with Gasteiger partial charge in [-0.2, -0.15) is 0 Å². The Morgan fingerprint density at radius 1 is 1.00 bits per heavy atom. The highest BCUT2D eigenvalue weighted by Gasteiger charge is 2.11. The predicted molar refractivity (Wildman–Crippen MR) is 80.5 cm³/mol. The molecule has 2 heteroatoms. The molecule has 0 amide bonds. The van der Waals surface area contributed by atoms with Crippen LogP contribution in [0.2, 0.25) is 0 Å². The van der Waals surface area contributed by atoms with Crippen molar-refractivity contribution >= 4 is 0 Å². The van der Waals surface area contributed by atoms with E-state index in [1.165, 1.54) is 27.8 Å². The lowest BCUT2D eigenvalue weighted by Gasteiger charge is -2.16. The molecule has 0 fully saturated rings. The topological polar surface area (TPSA) is 35.2 Å². The van der Waals surface area contributed by atoms with Crippen molar-refractivity contribution in [3.8, 4) is 16.9 Å². The smallest absolute Gasteiger partial charge is 0.119 e. The van der Waals surface area contributed by atoms with Crippen LogP contribution in [0.5, 0.6) is 5.75 Å². The molecule has 0 heterocycles. The number of rotatable bonds is 3. The Balaban J connectivity index is 2.65. The van der Waals surface area contributed by atoms with Crippen LogP contribution in [0, 0.1) is 20.8 Å². The lowest BCUT2D eigenvalue weighted by molar-refractivity contribution is 0.414. The highest BCUT2D eigenvalue weighted by molar-refractivity contribution is 5.74. The fraction of sp³-hybridized carbons (Fsp3) is 0.294. The molecule has 2 nitrogen and oxygen atoms in total. The van der Waals surface area contributed by atoms with Gasteiger partial charge in [0.1, 0.15) is 5.75 Å². The second-order valence-electron chi connectivity index (χ2n) is 5.00. The molecule has 0 saturated heterocycles. The summed E-state index contributed by atoms with van der Waals surface area (Å²) in [6, 6.07) is 10.5. The van der Waals surface area contributed by atoms with Crippen molar-refractivity contribution in [3.05, 3.63) is 52.6 Å². The zero-order valence-electron chi connectivity index (χ0n) is 12.1. The van der Waals surface area contributed by atoms with E-state index in [2.05, 4.69) is 39.0 Å². The Hall–Kier alpha value is -1.80. The number of benzene rings is 2. The monoisotopic (exact) mass is 255 g/mol.